The molecule has 0 saturated carbocycles. The standard InChI is InChI=1S/C7H7NO.C3H8/c1-6-4-2-3-5-7(6)8-9;1-3-2/h2-5H,1H3;3H2,1-2H3. The predicted octanol–water partition coefficient (Wildman–Crippen LogP) is 3.81. The highest BCUT2D eigenvalue weighted by molar-refractivity contribution is 5.44. The Kier molecular flexibility index (Phi) is 5.88. The van der Waals surface area contributed by atoms with Crippen LogP contribution in [-0.2, 0) is 0 Å². The van der Waals surface area contributed by atoms with Gasteiger partial charge in [-0.25, -0.2) is 0 Å². The SMILES string of the molecule is CCC.Cc1ccccc1N=O. The fourth-order valence-corrected chi connectivity index (χ4v) is 0.666. The van der Waals surface area contributed by atoms with Crippen LogP contribution in [0.5, 0.6) is 0 Å². The van der Waals surface area contributed by atoms with Gasteiger partial charge < -0.3 is 0 Å². The summed E-state index contributed by atoms with van der Waals surface area (Å²) in [6.07, 6.45) is 1.25. The van der Waals surface area contributed by atoms with Gasteiger partial charge in [0, 0.05) is 0 Å². The van der Waals surface area contributed by atoms with Crippen LogP contribution in [0.2, 0.25) is 0 Å². The summed E-state index contributed by atoms with van der Waals surface area (Å²) in [5.74, 6) is 0. The Hall–Kier alpha value is -1.18. The fraction of sp³-hybridized carbons (Fsp3) is 0.400. The highest BCUT2D eigenvalue weighted by Crippen LogP contribution is 2.15. The highest BCUT2D eigenvalue weighted by Gasteiger charge is 1.91. The zero-order valence-corrected chi connectivity index (χ0v) is 7.87. The summed E-state index contributed by atoms with van der Waals surface area (Å²) in [6.45, 7) is 6.11. The zero-order chi connectivity index (χ0) is 9.40. The van der Waals surface area contributed by atoms with E-state index in [4.69, 9.17) is 0 Å². The van der Waals surface area contributed by atoms with E-state index in [0.29, 0.717) is 5.69 Å². The maximum absolute atomic E-state index is 9.98. The van der Waals surface area contributed by atoms with E-state index in [1.54, 1.807) is 12.1 Å². The van der Waals surface area contributed by atoms with Crippen molar-refractivity contribution in [1.82, 2.24) is 0 Å². The summed E-state index contributed by atoms with van der Waals surface area (Å²) in [4.78, 5) is 9.98. The summed E-state index contributed by atoms with van der Waals surface area (Å²) in [7, 11) is 0. The number of nitroso groups, excluding NO2 is 1. The Labute approximate surface area is 73.6 Å². The minimum Gasteiger partial charge on any atom is -0.145 e. The third-order valence-corrected chi connectivity index (χ3v) is 1.21. The topological polar surface area (TPSA) is 29.4 Å². The average Bonchev–Trinajstić information content (AvgIpc) is 2.07. The van der Waals surface area contributed by atoms with Crippen molar-refractivity contribution in [3.63, 3.8) is 0 Å². The molecule has 0 spiro atoms. The summed E-state index contributed by atoms with van der Waals surface area (Å²) >= 11 is 0. The van der Waals surface area contributed by atoms with Gasteiger partial charge in [-0.3, -0.25) is 0 Å². The van der Waals surface area contributed by atoms with E-state index >= 15 is 0 Å². The van der Waals surface area contributed by atoms with Gasteiger partial charge in [0.2, 0.25) is 0 Å². The number of benzene rings is 1. The lowest BCUT2D eigenvalue weighted by Crippen LogP contribution is -1.68. The van der Waals surface area contributed by atoms with Gasteiger partial charge in [0.1, 0.15) is 5.69 Å². The van der Waals surface area contributed by atoms with Crippen LogP contribution in [0.1, 0.15) is 25.8 Å². The molecule has 0 aliphatic rings. The second-order valence-electron chi connectivity index (χ2n) is 2.58. The molecular formula is C10H15NO. The smallest absolute Gasteiger partial charge is 0.110 e. The predicted molar refractivity (Wildman–Crippen MR) is 52.6 cm³/mol. The second-order valence-corrected chi connectivity index (χ2v) is 2.58. The third-order valence-electron chi connectivity index (χ3n) is 1.21. The molecule has 0 fully saturated rings. The van der Waals surface area contributed by atoms with Crippen LogP contribution >= 0.6 is 0 Å². The molecule has 0 aliphatic heterocycles. The molecule has 1 aromatic carbocycles. The molecule has 2 heteroatoms. The van der Waals surface area contributed by atoms with E-state index in [1.165, 1.54) is 6.42 Å². The minimum absolute atomic E-state index is 0.525. The van der Waals surface area contributed by atoms with Crippen molar-refractivity contribution in [3.8, 4) is 0 Å². The van der Waals surface area contributed by atoms with E-state index in [-0.39, 0.29) is 0 Å². The molecule has 0 amide bonds. The molecular weight excluding hydrogens is 150 g/mol. The summed E-state index contributed by atoms with van der Waals surface area (Å²) in [5.41, 5.74) is 1.45. The van der Waals surface area contributed by atoms with Crippen LogP contribution in [0.4, 0.5) is 5.69 Å². The van der Waals surface area contributed by atoms with Crippen molar-refractivity contribution in [1.29, 1.82) is 0 Å². The molecule has 0 radical (unpaired) electrons. The molecule has 1 rings (SSSR count). The molecule has 2 nitrogen and oxygen atoms in total. The molecule has 0 bridgehead atoms. The van der Waals surface area contributed by atoms with Crippen molar-refractivity contribution >= 4 is 5.69 Å². The van der Waals surface area contributed by atoms with Crippen molar-refractivity contribution in [3.05, 3.63) is 34.7 Å². The molecule has 12 heavy (non-hydrogen) atoms. The lowest BCUT2D eigenvalue weighted by Gasteiger charge is -1.90. The van der Waals surface area contributed by atoms with E-state index in [1.807, 2.05) is 19.1 Å². The van der Waals surface area contributed by atoms with Crippen LogP contribution in [0.3, 0.4) is 0 Å². The van der Waals surface area contributed by atoms with E-state index < -0.39 is 0 Å². The van der Waals surface area contributed by atoms with Gasteiger partial charge in [0.15, 0.2) is 0 Å². The molecule has 0 atom stereocenters. The lowest BCUT2D eigenvalue weighted by molar-refractivity contribution is 1.09. The molecule has 0 heterocycles. The highest BCUT2D eigenvalue weighted by atomic mass is 16.3. The molecule has 0 unspecified atom stereocenters. The first kappa shape index (κ1) is 10.8. The van der Waals surface area contributed by atoms with Crippen molar-refractivity contribution < 1.29 is 0 Å². The first-order valence-corrected chi connectivity index (χ1v) is 4.15. The minimum atomic E-state index is 0.525. The third kappa shape index (κ3) is 3.86. The van der Waals surface area contributed by atoms with Gasteiger partial charge in [0.05, 0.1) is 0 Å². The zero-order valence-electron chi connectivity index (χ0n) is 7.87. The first-order valence-electron chi connectivity index (χ1n) is 4.15. The van der Waals surface area contributed by atoms with Crippen LogP contribution < -0.4 is 0 Å². The molecule has 0 aromatic heterocycles. The summed E-state index contributed by atoms with van der Waals surface area (Å²) in [5, 5.41) is 2.82. The molecule has 66 valence electrons. The number of hydrogen-bond acceptors (Lipinski definition) is 2. The van der Waals surface area contributed by atoms with E-state index in [9.17, 15) is 4.91 Å². The fourth-order valence-electron chi connectivity index (χ4n) is 0.666. The van der Waals surface area contributed by atoms with Gasteiger partial charge in [-0.05, 0) is 23.7 Å². The van der Waals surface area contributed by atoms with Crippen LogP contribution in [0.25, 0.3) is 0 Å². The van der Waals surface area contributed by atoms with Gasteiger partial charge in [-0.2, -0.15) is 0 Å². The number of aryl methyl sites for hydroxylation is 1. The number of hydrogen-bond donors (Lipinski definition) is 0. The Morgan fingerprint density at radius 3 is 2.08 bits per heavy atom. The molecule has 0 N–H and O–H groups in total. The van der Waals surface area contributed by atoms with Crippen molar-refractivity contribution in [2.24, 2.45) is 5.18 Å². The monoisotopic (exact) mass is 165 g/mol. The van der Waals surface area contributed by atoms with E-state index in [0.717, 1.165) is 5.56 Å². The molecule has 0 saturated heterocycles. The first-order chi connectivity index (χ1) is 5.76. The Morgan fingerprint density at radius 2 is 1.75 bits per heavy atom. The number of rotatable bonds is 1. The van der Waals surface area contributed by atoms with Gasteiger partial charge in [-0.1, -0.05) is 38.5 Å². The van der Waals surface area contributed by atoms with Crippen LogP contribution in [0, 0.1) is 11.8 Å². The van der Waals surface area contributed by atoms with Gasteiger partial charge >= 0.3 is 0 Å². The maximum Gasteiger partial charge on any atom is 0.110 e. The Balaban J connectivity index is 0.000000354. The van der Waals surface area contributed by atoms with Crippen LogP contribution in [0.15, 0.2) is 29.4 Å². The summed E-state index contributed by atoms with van der Waals surface area (Å²) in [6, 6.07) is 7.23. The summed E-state index contributed by atoms with van der Waals surface area (Å²) < 4.78 is 0. The largest absolute Gasteiger partial charge is 0.145 e. The number of nitrogens with zero attached hydrogens (tertiary/aromatic N) is 1. The van der Waals surface area contributed by atoms with Crippen LogP contribution in [-0.4, -0.2) is 0 Å². The van der Waals surface area contributed by atoms with Gasteiger partial charge in [0.25, 0.3) is 0 Å². The molecule has 0 aliphatic carbocycles. The molecule has 1 aromatic rings. The Morgan fingerprint density at radius 1 is 1.25 bits per heavy atom. The maximum atomic E-state index is 9.98. The normalized spacial score (nSPS) is 8.25. The quantitative estimate of drug-likeness (QED) is 0.582. The Bertz CT molecular complexity index is 233. The van der Waals surface area contributed by atoms with Gasteiger partial charge in [-0.15, -0.1) is 4.91 Å². The average molecular weight is 165 g/mol. The van der Waals surface area contributed by atoms with Crippen molar-refractivity contribution in [2.75, 3.05) is 0 Å². The lowest BCUT2D eigenvalue weighted by atomic mass is 10.2. The van der Waals surface area contributed by atoms with Crippen molar-refractivity contribution in [2.45, 2.75) is 27.2 Å². The second kappa shape index (κ2) is 6.53. The van der Waals surface area contributed by atoms with E-state index in [2.05, 4.69) is 19.0 Å².